The van der Waals surface area contributed by atoms with Crippen LogP contribution in [0.1, 0.15) is 13.3 Å². The molecule has 96 valence electrons. The number of rotatable bonds is 7. The Labute approximate surface area is 120 Å². The highest BCUT2D eigenvalue weighted by Crippen LogP contribution is 2.27. The van der Waals surface area contributed by atoms with Gasteiger partial charge in [0.15, 0.2) is 0 Å². The van der Waals surface area contributed by atoms with Crippen molar-refractivity contribution in [2.75, 3.05) is 24.4 Å². The minimum absolute atomic E-state index is 0.243. The van der Waals surface area contributed by atoms with Crippen molar-refractivity contribution < 1.29 is 9.47 Å². The Bertz CT molecular complexity index is 321. The predicted molar refractivity (Wildman–Crippen MR) is 78.8 cm³/mol. The van der Waals surface area contributed by atoms with E-state index in [4.69, 9.17) is 9.47 Å². The van der Waals surface area contributed by atoms with Crippen LogP contribution in [0.15, 0.2) is 24.3 Å². The van der Waals surface area contributed by atoms with Crippen molar-refractivity contribution in [3.8, 4) is 11.5 Å². The molecule has 0 fully saturated rings. The van der Waals surface area contributed by atoms with Gasteiger partial charge in [0, 0.05) is 10.7 Å². The van der Waals surface area contributed by atoms with Crippen molar-refractivity contribution in [2.45, 2.75) is 13.3 Å². The van der Waals surface area contributed by atoms with Crippen LogP contribution in [0.2, 0.25) is 0 Å². The molecule has 0 spiro atoms. The number of ether oxygens (including phenoxy) is 2. The van der Waals surface area contributed by atoms with Gasteiger partial charge in [-0.2, -0.15) is 0 Å². The van der Waals surface area contributed by atoms with Gasteiger partial charge in [0.2, 0.25) is 0 Å². The number of hydrogen-bond donors (Lipinski definition) is 0. The van der Waals surface area contributed by atoms with Gasteiger partial charge in [-0.25, -0.2) is 0 Å². The lowest BCUT2D eigenvalue weighted by atomic mass is 9.93. The summed E-state index contributed by atoms with van der Waals surface area (Å²) in [6.45, 7) is 2.95. The zero-order valence-electron chi connectivity index (χ0n) is 10.2. The van der Waals surface area contributed by atoms with Crippen LogP contribution >= 0.6 is 31.9 Å². The van der Waals surface area contributed by atoms with Crippen molar-refractivity contribution >= 4 is 31.9 Å². The second kappa shape index (κ2) is 7.27. The Balaban J connectivity index is 2.40. The molecular formula is C13H18Br2O2. The minimum atomic E-state index is 0.243. The number of methoxy groups -OCH3 is 1. The van der Waals surface area contributed by atoms with Gasteiger partial charge in [0.05, 0.1) is 13.7 Å². The van der Waals surface area contributed by atoms with Crippen LogP contribution in [0, 0.1) is 5.41 Å². The van der Waals surface area contributed by atoms with Gasteiger partial charge in [0.25, 0.3) is 0 Å². The summed E-state index contributed by atoms with van der Waals surface area (Å²) in [7, 11) is 1.66. The summed E-state index contributed by atoms with van der Waals surface area (Å²) in [4.78, 5) is 0. The summed E-state index contributed by atoms with van der Waals surface area (Å²) in [6, 6.07) is 7.67. The fourth-order valence-electron chi connectivity index (χ4n) is 1.26. The van der Waals surface area contributed by atoms with Gasteiger partial charge in [-0.05, 0) is 36.1 Å². The standard InChI is InChI=1S/C13H18Br2O2/c1-13(9-14,10-15)7-8-17-12-5-3-11(16-2)4-6-12/h3-6H,7-10H2,1-2H3. The predicted octanol–water partition coefficient (Wildman–Crippen LogP) is 4.26. The van der Waals surface area contributed by atoms with Crippen LogP contribution in [0.3, 0.4) is 0 Å². The van der Waals surface area contributed by atoms with Crippen LogP contribution in [0.5, 0.6) is 11.5 Å². The molecule has 1 aromatic carbocycles. The third-order valence-corrected chi connectivity index (χ3v) is 5.39. The fourth-order valence-corrected chi connectivity index (χ4v) is 2.75. The Kier molecular flexibility index (Phi) is 6.34. The number of alkyl halides is 2. The summed E-state index contributed by atoms with van der Waals surface area (Å²) in [5.74, 6) is 1.74. The molecule has 4 heteroatoms. The van der Waals surface area contributed by atoms with Gasteiger partial charge in [-0.15, -0.1) is 0 Å². The average Bonchev–Trinajstić information content (AvgIpc) is 2.39. The molecule has 0 bridgehead atoms. The maximum absolute atomic E-state index is 5.71. The summed E-state index contributed by atoms with van der Waals surface area (Å²) in [6.07, 6.45) is 1.01. The first-order valence-corrected chi connectivity index (χ1v) is 7.76. The molecule has 0 aromatic heterocycles. The lowest BCUT2D eigenvalue weighted by Gasteiger charge is -2.24. The largest absolute Gasteiger partial charge is 0.497 e. The maximum atomic E-state index is 5.71. The second-order valence-electron chi connectivity index (χ2n) is 4.35. The van der Waals surface area contributed by atoms with E-state index in [9.17, 15) is 0 Å². The van der Waals surface area contributed by atoms with E-state index < -0.39 is 0 Å². The first kappa shape index (κ1) is 14.8. The molecule has 0 aliphatic carbocycles. The Hall–Kier alpha value is -0.220. The smallest absolute Gasteiger partial charge is 0.119 e. The third kappa shape index (κ3) is 4.88. The van der Waals surface area contributed by atoms with E-state index in [1.807, 2.05) is 24.3 Å². The lowest BCUT2D eigenvalue weighted by Crippen LogP contribution is -2.23. The van der Waals surface area contributed by atoms with E-state index in [1.165, 1.54) is 0 Å². The summed E-state index contributed by atoms with van der Waals surface area (Å²) in [5.41, 5.74) is 0.243. The molecule has 0 aliphatic heterocycles. The van der Waals surface area contributed by atoms with E-state index in [0.29, 0.717) is 0 Å². The zero-order valence-corrected chi connectivity index (χ0v) is 13.4. The van der Waals surface area contributed by atoms with Gasteiger partial charge in [-0.3, -0.25) is 0 Å². The van der Waals surface area contributed by atoms with Crippen molar-refractivity contribution in [3.05, 3.63) is 24.3 Å². The van der Waals surface area contributed by atoms with E-state index in [-0.39, 0.29) is 5.41 Å². The monoisotopic (exact) mass is 364 g/mol. The van der Waals surface area contributed by atoms with Crippen molar-refractivity contribution in [1.29, 1.82) is 0 Å². The highest BCUT2D eigenvalue weighted by molar-refractivity contribution is 9.09. The number of hydrogen-bond acceptors (Lipinski definition) is 2. The molecule has 0 unspecified atom stereocenters. The molecule has 2 nitrogen and oxygen atoms in total. The number of halogens is 2. The van der Waals surface area contributed by atoms with Crippen molar-refractivity contribution in [1.82, 2.24) is 0 Å². The average molecular weight is 366 g/mol. The van der Waals surface area contributed by atoms with Crippen LogP contribution < -0.4 is 9.47 Å². The number of benzene rings is 1. The van der Waals surface area contributed by atoms with Crippen LogP contribution in [-0.4, -0.2) is 24.4 Å². The van der Waals surface area contributed by atoms with Gasteiger partial charge < -0.3 is 9.47 Å². The van der Waals surface area contributed by atoms with Gasteiger partial charge in [0.1, 0.15) is 11.5 Å². The first-order valence-electron chi connectivity index (χ1n) is 5.52. The molecule has 1 rings (SSSR count). The van der Waals surface area contributed by atoms with Gasteiger partial charge in [-0.1, -0.05) is 38.8 Å². The quantitative estimate of drug-likeness (QED) is 0.672. The van der Waals surface area contributed by atoms with Gasteiger partial charge >= 0.3 is 0 Å². The van der Waals surface area contributed by atoms with Crippen LogP contribution in [-0.2, 0) is 0 Å². The molecule has 0 amide bonds. The molecule has 0 atom stereocenters. The minimum Gasteiger partial charge on any atom is -0.497 e. The molecule has 0 N–H and O–H groups in total. The summed E-state index contributed by atoms with van der Waals surface area (Å²) >= 11 is 7.07. The molecule has 0 saturated heterocycles. The SMILES string of the molecule is COc1ccc(OCCC(C)(CBr)CBr)cc1. The molecule has 17 heavy (non-hydrogen) atoms. The maximum Gasteiger partial charge on any atom is 0.119 e. The second-order valence-corrected chi connectivity index (χ2v) is 5.47. The zero-order chi connectivity index (χ0) is 12.7. The van der Waals surface area contributed by atoms with E-state index in [1.54, 1.807) is 7.11 Å². The molecule has 1 aromatic rings. The van der Waals surface area contributed by atoms with E-state index in [2.05, 4.69) is 38.8 Å². The van der Waals surface area contributed by atoms with Crippen LogP contribution in [0.25, 0.3) is 0 Å². The van der Waals surface area contributed by atoms with Crippen molar-refractivity contribution in [2.24, 2.45) is 5.41 Å². The molecule has 0 aliphatic rings. The lowest BCUT2D eigenvalue weighted by molar-refractivity contribution is 0.250. The third-order valence-electron chi connectivity index (χ3n) is 2.68. The van der Waals surface area contributed by atoms with Crippen LogP contribution in [0.4, 0.5) is 0 Å². The topological polar surface area (TPSA) is 18.5 Å². The Morgan fingerprint density at radius 1 is 1.06 bits per heavy atom. The van der Waals surface area contributed by atoms with Crippen molar-refractivity contribution in [3.63, 3.8) is 0 Å². The molecule has 0 saturated carbocycles. The first-order chi connectivity index (χ1) is 8.13. The van der Waals surface area contributed by atoms with E-state index >= 15 is 0 Å². The molecule has 0 radical (unpaired) electrons. The Morgan fingerprint density at radius 3 is 2.06 bits per heavy atom. The fraction of sp³-hybridized carbons (Fsp3) is 0.538. The normalized spacial score (nSPS) is 11.3. The molecular weight excluding hydrogens is 348 g/mol. The Morgan fingerprint density at radius 2 is 1.59 bits per heavy atom. The summed E-state index contributed by atoms with van der Waals surface area (Å²) < 4.78 is 10.8. The summed E-state index contributed by atoms with van der Waals surface area (Å²) in [5, 5.41) is 1.94. The molecule has 0 heterocycles. The highest BCUT2D eigenvalue weighted by Gasteiger charge is 2.21. The highest BCUT2D eigenvalue weighted by atomic mass is 79.9. The van der Waals surface area contributed by atoms with E-state index in [0.717, 1.165) is 35.2 Å².